The van der Waals surface area contributed by atoms with Crippen LogP contribution < -0.4 is 10.1 Å². The van der Waals surface area contributed by atoms with Gasteiger partial charge in [0.25, 0.3) is 0 Å². The summed E-state index contributed by atoms with van der Waals surface area (Å²) in [6.45, 7) is 5.28. The Labute approximate surface area is 194 Å². The monoisotopic (exact) mass is 467 g/mol. The van der Waals surface area contributed by atoms with Crippen molar-refractivity contribution in [3.05, 3.63) is 78.1 Å². The van der Waals surface area contributed by atoms with Crippen molar-refractivity contribution in [3.8, 4) is 11.4 Å². The minimum atomic E-state index is -0.605. The van der Waals surface area contributed by atoms with E-state index in [4.69, 9.17) is 9.26 Å². The fourth-order valence-electron chi connectivity index (χ4n) is 3.09. The van der Waals surface area contributed by atoms with Crippen molar-refractivity contribution in [1.29, 1.82) is 0 Å². The Bertz CT molecular complexity index is 1240. The summed E-state index contributed by atoms with van der Waals surface area (Å²) in [4.78, 5) is 12.7. The van der Waals surface area contributed by atoms with E-state index < -0.39 is 17.2 Å². The van der Waals surface area contributed by atoms with Crippen LogP contribution in [0.4, 0.5) is 10.2 Å². The molecule has 4 rings (SSSR count). The van der Waals surface area contributed by atoms with E-state index in [9.17, 15) is 9.18 Å². The molecule has 2 heterocycles. The fourth-order valence-corrected chi connectivity index (χ4v) is 3.96. The number of aromatic nitrogens is 4. The Morgan fingerprint density at radius 2 is 1.85 bits per heavy atom. The number of amides is 1. The zero-order valence-corrected chi connectivity index (χ0v) is 19.0. The van der Waals surface area contributed by atoms with E-state index in [-0.39, 0.29) is 11.7 Å². The van der Waals surface area contributed by atoms with E-state index in [1.807, 2.05) is 30.3 Å². The van der Waals surface area contributed by atoms with Gasteiger partial charge in [-0.3, -0.25) is 9.36 Å². The Morgan fingerprint density at radius 3 is 2.55 bits per heavy atom. The SMILES string of the molecule is Cc1cc(NC(=O)C(C)Sc2nnc(C(C)Oc3ccccc3F)n2-c2ccccc2)no1. The van der Waals surface area contributed by atoms with Crippen molar-refractivity contribution >= 4 is 23.5 Å². The van der Waals surface area contributed by atoms with Crippen LogP contribution in [0.2, 0.25) is 0 Å². The molecule has 2 unspecified atom stereocenters. The van der Waals surface area contributed by atoms with Crippen molar-refractivity contribution in [2.45, 2.75) is 37.3 Å². The molecule has 1 amide bonds. The van der Waals surface area contributed by atoms with Gasteiger partial charge in [-0.1, -0.05) is 47.3 Å². The molecule has 170 valence electrons. The number of ether oxygens (including phenoxy) is 1. The molecule has 0 saturated carbocycles. The summed E-state index contributed by atoms with van der Waals surface area (Å²) in [6, 6.07) is 17.3. The maximum atomic E-state index is 14.1. The molecule has 0 spiro atoms. The van der Waals surface area contributed by atoms with Crippen LogP contribution in [-0.4, -0.2) is 31.1 Å². The number of aryl methyl sites for hydroxylation is 1. The third-order valence-electron chi connectivity index (χ3n) is 4.71. The lowest BCUT2D eigenvalue weighted by Gasteiger charge is -2.17. The maximum Gasteiger partial charge on any atom is 0.238 e. The number of thioether (sulfide) groups is 1. The highest BCUT2D eigenvalue weighted by atomic mass is 32.2. The lowest BCUT2D eigenvalue weighted by molar-refractivity contribution is -0.115. The van der Waals surface area contributed by atoms with Crippen LogP contribution >= 0.6 is 11.8 Å². The number of nitrogens with zero attached hydrogens (tertiary/aromatic N) is 4. The molecule has 4 aromatic rings. The van der Waals surface area contributed by atoms with Gasteiger partial charge in [0.2, 0.25) is 5.91 Å². The number of hydrogen-bond acceptors (Lipinski definition) is 7. The van der Waals surface area contributed by atoms with Crippen LogP contribution in [0.3, 0.4) is 0 Å². The maximum absolute atomic E-state index is 14.1. The van der Waals surface area contributed by atoms with Crippen LogP contribution in [0.15, 0.2) is 70.3 Å². The number of carbonyl (C=O) groups is 1. The summed E-state index contributed by atoms with van der Waals surface area (Å²) in [5.41, 5.74) is 0.795. The van der Waals surface area contributed by atoms with Gasteiger partial charge in [0, 0.05) is 11.8 Å². The number of para-hydroxylation sites is 2. The van der Waals surface area contributed by atoms with Crippen molar-refractivity contribution in [2.24, 2.45) is 0 Å². The molecule has 2 aromatic carbocycles. The van der Waals surface area contributed by atoms with Gasteiger partial charge in [-0.05, 0) is 45.0 Å². The normalized spacial score (nSPS) is 12.8. The average molecular weight is 468 g/mol. The minimum absolute atomic E-state index is 0.123. The van der Waals surface area contributed by atoms with Crippen molar-refractivity contribution in [1.82, 2.24) is 19.9 Å². The number of anilines is 1. The smallest absolute Gasteiger partial charge is 0.238 e. The predicted molar refractivity (Wildman–Crippen MR) is 122 cm³/mol. The molecule has 10 heteroatoms. The minimum Gasteiger partial charge on any atom is -0.480 e. The lowest BCUT2D eigenvalue weighted by atomic mass is 10.3. The highest BCUT2D eigenvalue weighted by Crippen LogP contribution is 2.30. The quantitative estimate of drug-likeness (QED) is 0.366. The molecule has 0 saturated heterocycles. The number of benzene rings is 2. The lowest BCUT2D eigenvalue weighted by Crippen LogP contribution is -2.23. The van der Waals surface area contributed by atoms with E-state index in [1.54, 1.807) is 49.6 Å². The standard InChI is InChI=1S/C23H22FN5O3S/c1-14-13-20(28-32-14)25-22(30)16(3)33-23-27-26-21(29(23)17-9-5-4-6-10-17)15(2)31-19-12-8-7-11-18(19)24/h4-13,15-16H,1-3H3,(H,25,28,30). The Balaban J connectivity index is 1.59. The third-order valence-corrected chi connectivity index (χ3v) is 5.75. The number of rotatable bonds is 8. The molecule has 33 heavy (non-hydrogen) atoms. The van der Waals surface area contributed by atoms with Crippen LogP contribution in [0.1, 0.15) is 31.5 Å². The molecule has 1 N–H and O–H groups in total. The zero-order chi connectivity index (χ0) is 23.4. The summed E-state index contributed by atoms with van der Waals surface area (Å²) >= 11 is 1.24. The fraction of sp³-hybridized carbons (Fsp3) is 0.217. The van der Waals surface area contributed by atoms with Crippen LogP contribution in [0.5, 0.6) is 5.75 Å². The summed E-state index contributed by atoms with van der Waals surface area (Å²) in [6.07, 6.45) is -0.605. The molecule has 8 nitrogen and oxygen atoms in total. The van der Waals surface area contributed by atoms with E-state index in [1.165, 1.54) is 17.8 Å². The number of hydrogen-bond donors (Lipinski definition) is 1. The van der Waals surface area contributed by atoms with E-state index in [0.717, 1.165) is 5.69 Å². The van der Waals surface area contributed by atoms with Crippen molar-refractivity contribution in [2.75, 3.05) is 5.32 Å². The molecular weight excluding hydrogens is 445 g/mol. The molecule has 0 bridgehead atoms. The molecule has 0 aliphatic rings. The van der Waals surface area contributed by atoms with Gasteiger partial charge in [-0.15, -0.1) is 10.2 Å². The third kappa shape index (κ3) is 5.23. The molecule has 0 radical (unpaired) electrons. The summed E-state index contributed by atoms with van der Waals surface area (Å²) in [5, 5.41) is 15.1. The average Bonchev–Trinajstić information content (AvgIpc) is 3.41. The molecular formula is C23H22FN5O3S. The molecule has 2 aromatic heterocycles. The van der Waals surface area contributed by atoms with Crippen LogP contribution in [0, 0.1) is 12.7 Å². The summed E-state index contributed by atoms with van der Waals surface area (Å²) in [5.74, 6) is 0.834. The van der Waals surface area contributed by atoms with E-state index in [2.05, 4.69) is 20.7 Å². The van der Waals surface area contributed by atoms with Crippen LogP contribution in [-0.2, 0) is 4.79 Å². The summed E-state index contributed by atoms with van der Waals surface area (Å²) in [7, 11) is 0. The first-order valence-corrected chi connectivity index (χ1v) is 11.1. The summed E-state index contributed by atoms with van der Waals surface area (Å²) < 4.78 is 26.7. The second kappa shape index (κ2) is 9.86. The van der Waals surface area contributed by atoms with Gasteiger partial charge in [-0.25, -0.2) is 4.39 Å². The highest BCUT2D eigenvalue weighted by Gasteiger charge is 2.25. The second-order valence-corrected chi connectivity index (χ2v) is 8.58. The van der Waals surface area contributed by atoms with Crippen LogP contribution in [0.25, 0.3) is 5.69 Å². The first-order valence-electron chi connectivity index (χ1n) is 10.2. The number of nitrogens with one attached hydrogen (secondary N) is 1. The molecule has 0 fully saturated rings. The highest BCUT2D eigenvalue weighted by molar-refractivity contribution is 8.00. The largest absolute Gasteiger partial charge is 0.480 e. The van der Waals surface area contributed by atoms with E-state index >= 15 is 0 Å². The molecule has 0 aliphatic carbocycles. The first kappa shape index (κ1) is 22.5. The van der Waals surface area contributed by atoms with Crippen molar-refractivity contribution in [3.63, 3.8) is 0 Å². The van der Waals surface area contributed by atoms with Gasteiger partial charge in [0.1, 0.15) is 5.76 Å². The Hall–Kier alpha value is -3.66. The topological polar surface area (TPSA) is 95.1 Å². The predicted octanol–water partition coefficient (Wildman–Crippen LogP) is 4.96. The Kier molecular flexibility index (Phi) is 6.74. The van der Waals surface area contributed by atoms with E-state index in [0.29, 0.717) is 22.6 Å². The van der Waals surface area contributed by atoms with Crippen molar-refractivity contribution < 1.29 is 18.4 Å². The number of carbonyl (C=O) groups excluding carboxylic acids is 1. The van der Waals surface area contributed by atoms with Gasteiger partial charge >= 0.3 is 0 Å². The first-order chi connectivity index (χ1) is 15.9. The van der Waals surface area contributed by atoms with Gasteiger partial charge in [0.05, 0.1) is 5.25 Å². The zero-order valence-electron chi connectivity index (χ0n) is 18.2. The molecule has 2 atom stereocenters. The van der Waals surface area contributed by atoms with Gasteiger partial charge in [-0.2, -0.15) is 0 Å². The second-order valence-electron chi connectivity index (χ2n) is 7.27. The van der Waals surface area contributed by atoms with Gasteiger partial charge < -0.3 is 14.6 Å². The van der Waals surface area contributed by atoms with Gasteiger partial charge in [0.15, 0.2) is 34.5 Å². The Morgan fingerprint density at radius 1 is 1.12 bits per heavy atom. The molecule has 0 aliphatic heterocycles. The number of halogens is 1.